The van der Waals surface area contributed by atoms with Crippen LogP contribution in [0, 0.1) is 10.1 Å². The highest BCUT2D eigenvalue weighted by Crippen LogP contribution is 2.32. The largest absolute Gasteiger partial charge is 0.434 e. The summed E-state index contributed by atoms with van der Waals surface area (Å²) in [4.78, 5) is 14.3. The zero-order valence-corrected chi connectivity index (χ0v) is 10.7. The average molecular weight is 271 g/mol. The van der Waals surface area contributed by atoms with Crippen molar-refractivity contribution in [3.05, 3.63) is 51.6 Å². The Morgan fingerprint density at radius 3 is 2.80 bits per heavy atom. The molecule has 102 valence electrons. The first-order valence-electron chi connectivity index (χ1n) is 6.34. The molecule has 0 spiro atoms. The molecule has 0 radical (unpaired) electrons. The number of nitrogen functional groups attached to an aromatic ring is 1. The standard InChI is InChI=1S/C14H13N3O3/c15-13-7-6-12(17(18)19)14(16-13)20-11-5-4-9-2-1-3-10(9)8-11/h4-8H,1-3H2,(H2,15,16). The van der Waals surface area contributed by atoms with Crippen molar-refractivity contribution in [2.45, 2.75) is 19.3 Å². The molecule has 1 aromatic heterocycles. The number of ether oxygens (including phenoxy) is 1. The Balaban J connectivity index is 1.95. The lowest BCUT2D eigenvalue weighted by Gasteiger charge is -2.07. The van der Waals surface area contributed by atoms with Crippen LogP contribution in [-0.2, 0) is 12.8 Å². The minimum Gasteiger partial charge on any atom is -0.434 e. The van der Waals surface area contributed by atoms with Crippen LogP contribution in [0.15, 0.2) is 30.3 Å². The number of pyridine rings is 1. The molecule has 0 amide bonds. The van der Waals surface area contributed by atoms with Gasteiger partial charge < -0.3 is 10.5 Å². The molecule has 1 aromatic carbocycles. The molecule has 0 atom stereocenters. The van der Waals surface area contributed by atoms with Crippen molar-refractivity contribution < 1.29 is 9.66 Å². The molecule has 0 aliphatic heterocycles. The Kier molecular flexibility index (Phi) is 2.98. The number of aromatic nitrogens is 1. The van der Waals surface area contributed by atoms with Gasteiger partial charge in [-0.1, -0.05) is 6.07 Å². The number of benzene rings is 1. The highest BCUT2D eigenvalue weighted by molar-refractivity contribution is 5.49. The highest BCUT2D eigenvalue weighted by Gasteiger charge is 2.19. The molecule has 2 aromatic rings. The molecule has 0 saturated carbocycles. The van der Waals surface area contributed by atoms with Crippen LogP contribution >= 0.6 is 0 Å². The zero-order valence-electron chi connectivity index (χ0n) is 10.7. The minimum absolute atomic E-state index is 0.0760. The van der Waals surface area contributed by atoms with E-state index < -0.39 is 4.92 Å². The van der Waals surface area contributed by atoms with Crippen LogP contribution in [0.1, 0.15) is 17.5 Å². The lowest BCUT2D eigenvalue weighted by molar-refractivity contribution is -0.386. The van der Waals surface area contributed by atoms with Gasteiger partial charge in [-0.15, -0.1) is 0 Å². The quantitative estimate of drug-likeness (QED) is 0.684. The maximum absolute atomic E-state index is 11.0. The van der Waals surface area contributed by atoms with Gasteiger partial charge in [0.15, 0.2) is 0 Å². The first-order chi connectivity index (χ1) is 9.63. The highest BCUT2D eigenvalue weighted by atomic mass is 16.6. The first-order valence-corrected chi connectivity index (χ1v) is 6.34. The van der Waals surface area contributed by atoms with E-state index in [0.29, 0.717) is 5.75 Å². The second-order valence-corrected chi connectivity index (χ2v) is 4.70. The Morgan fingerprint density at radius 1 is 1.20 bits per heavy atom. The number of nitrogens with two attached hydrogens (primary N) is 1. The zero-order chi connectivity index (χ0) is 14.1. The van der Waals surface area contributed by atoms with Crippen LogP contribution in [0.4, 0.5) is 11.5 Å². The van der Waals surface area contributed by atoms with E-state index in [4.69, 9.17) is 10.5 Å². The smallest absolute Gasteiger partial charge is 0.331 e. The van der Waals surface area contributed by atoms with Gasteiger partial charge in [-0.05, 0) is 48.6 Å². The van der Waals surface area contributed by atoms with E-state index in [1.807, 2.05) is 12.1 Å². The monoisotopic (exact) mass is 271 g/mol. The van der Waals surface area contributed by atoms with Crippen molar-refractivity contribution >= 4 is 11.5 Å². The van der Waals surface area contributed by atoms with E-state index in [-0.39, 0.29) is 17.4 Å². The molecule has 1 heterocycles. The molecule has 2 N–H and O–H groups in total. The summed E-state index contributed by atoms with van der Waals surface area (Å²) in [7, 11) is 0. The summed E-state index contributed by atoms with van der Waals surface area (Å²) in [5.74, 6) is 0.659. The van der Waals surface area contributed by atoms with E-state index in [9.17, 15) is 10.1 Å². The second-order valence-electron chi connectivity index (χ2n) is 4.70. The summed E-state index contributed by atoms with van der Waals surface area (Å²) in [6.45, 7) is 0. The number of nitro groups is 1. The summed E-state index contributed by atoms with van der Waals surface area (Å²) < 4.78 is 5.54. The molecule has 0 fully saturated rings. The van der Waals surface area contributed by atoms with Crippen molar-refractivity contribution in [2.24, 2.45) is 0 Å². The molecule has 0 bridgehead atoms. The van der Waals surface area contributed by atoms with Gasteiger partial charge in [-0.2, -0.15) is 4.98 Å². The second kappa shape index (κ2) is 4.80. The van der Waals surface area contributed by atoms with Crippen molar-refractivity contribution in [1.82, 2.24) is 4.98 Å². The third-order valence-corrected chi connectivity index (χ3v) is 3.34. The molecule has 20 heavy (non-hydrogen) atoms. The van der Waals surface area contributed by atoms with Gasteiger partial charge in [0.25, 0.3) is 0 Å². The minimum atomic E-state index is -0.533. The lowest BCUT2D eigenvalue weighted by atomic mass is 10.1. The van der Waals surface area contributed by atoms with Crippen LogP contribution in [-0.4, -0.2) is 9.91 Å². The van der Waals surface area contributed by atoms with Crippen LogP contribution in [0.25, 0.3) is 0 Å². The van der Waals surface area contributed by atoms with Gasteiger partial charge in [0.1, 0.15) is 11.6 Å². The van der Waals surface area contributed by atoms with Crippen LogP contribution in [0.2, 0.25) is 0 Å². The summed E-state index contributed by atoms with van der Waals surface area (Å²) in [6.07, 6.45) is 3.22. The summed E-state index contributed by atoms with van der Waals surface area (Å²) in [6, 6.07) is 8.39. The third kappa shape index (κ3) is 2.27. The number of nitrogens with zero attached hydrogens (tertiary/aromatic N) is 2. The van der Waals surface area contributed by atoms with Gasteiger partial charge in [0, 0.05) is 6.07 Å². The van der Waals surface area contributed by atoms with E-state index in [2.05, 4.69) is 4.98 Å². The van der Waals surface area contributed by atoms with Crippen LogP contribution in [0.5, 0.6) is 11.6 Å². The molecule has 0 unspecified atom stereocenters. The fraction of sp³-hybridized carbons (Fsp3) is 0.214. The Hall–Kier alpha value is -2.63. The van der Waals surface area contributed by atoms with Crippen molar-refractivity contribution in [1.29, 1.82) is 0 Å². The van der Waals surface area contributed by atoms with Crippen molar-refractivity contribution in [3.63, 3.8) is 0 Å². The van der Waals surface area contributed by atoms with Crippen molar-refractivity contribution in [2.75, 3.05) is 5.73 Å². The molecule has 6 heteroatoms. The van der Waals surface area contributed by atoms with Crippen LogP contribution < -0.4 is 10.5 Å². The molecule has 1 aliphatic carbocycles. The van der Waals surface area contributed by atoms with E-state index >= 15 is 0 Å². The lowest BCUT2D eigenvalue weighted by Crippen LogP contribution is -1.99. The summed E-state index contributed by atoms with van der Waals surface area (Å²) in [5, 5.41) is 11.0. The Labute approximate surface area is 115 Å². The molecule has 1 aliphatic rings. The van der Waals surface area contributed by atoms with Crippen molar-refractivity contribution in [3.8, 4) is 11.6 Å². The topological polar surface area (TPSA) is 91.3 Å². The predicted octanol–water partition coefficient (Wildman–Crippen LogP) is 2.85. The van der Waals surface area contributed by atoms with Gasteiger partial charge in [-0.25, -0.2) is 0 Å². The van der Waals surface area contributed by atoms with E-state index in [1.54, 1.807) is 6.07 Å². The van der Waals surface area contributed by atoms with Crippen LogP contribution in [0.3, 0.4) is 0 Å². The number of hydrogen-bond acceptors (Lipinski definition) is 5. The van der Waals surface area contributed by atoms with Gasteiger partial charge in [0.2, 0.25) is 0 Å². The molecular weight excluding hydrogens is 258 g/mol. The predicted molar refractivity (Wildman–Crippen MR) is 73.8 cm³/mol. The number of anilines is 1. The number of rotatable bonds is 3. The SMILES string of the molecule is Nc1ccc([N+](=O)[O-])c(Oc2ccc3c(c2)CCC3)n1. The summed E-state index contributed by atoms with van der Waals surface area (Å²) >= 11 is 0. The summed E-state index contributed by atoms with van der Waals surface area (Å²) in [5.41, 5.74) is 7.91. The van der Waals surface area contributed by atoms with Gasteiger partial charge in [-0.3, -0.25) is 10.1 Å². The number of aryl methyl sites for hydroxylation is 2. The Morgan fingerprint density at radius 2 is 2.00 bits per heavy atom. The third-order valence-electron chi connectivity index (χ3n) is 3.34. The molecule has 0 saturated heterocycles. The van der Waals surface area contributed by atoms with E-state index in [1.165, 1.54) is 23.3 Å². The van der Waals surface area contributed by atoms with Gasteiger partial charge in [0.05, 0.1) is 4.92 Å². The number of hydrogen-bond donors (Lipinski definition) is 1. The average Bonchev–Trinajstić information content (AvgIpc) is 2.85. The maximum Gasteiger partial charge on any atom is 0.331 e. The normalized spacial score (nSPS) is 13.0. The molecule has 3 rings (SSSR count). The van der Waals surface area contributed by atoms with Gasteiger partial charge >= 0.3 is 11.6 Å². The number of fused-ring (bicyclic) bond motifs is 1. The Bertz CT molecular complexity index is 685. The first kappa shape index (κ1) is 12.4. The van der Waals surface area contributed by atoms with E-state index in [0.717, 1.165) is 19.3 Å². The fourth-order valence-corrected chi connectivity index (χ4v) is 2.38. The fourth-order valence-electron chi connectivity index (χ4n) is 2.38. The maximum atomic E-state index is 11.0. The molecule has 6 nitrogen and oxygen atoms in total. The molecular formula is C14H13N3O3.